The van der Waals surface area contributed by atoms with Crippen molar-refractivity contribution in [1.29, 1.82) is 0 Å². The first-order valence-corrected chi connectivity index (χ1v) is 16.1. The van der Waals surface area contributed by atoms with Gasteiger partial charge in [0.15, 0.2) is 0 Å². The number of benzene rings is 1. The molecule has 41 heavy (non-hydrogen) atoms. The highest BCUT2D eigenvalue weighted by molar-refractivity contribution is 7.89. The van der Waals surface area contributed by atoms with Gasteiger partial charge in [0.1, 0.15) is 11.6 Å². The maximum absolute atomic E-state index is 13.4. The van der Waals surface area contributed by atoms with E-state index in [1.165, 1.54) is 42.1 Å². The molecule has 5 rings (SSSR count). The number of alkyl halides is 3. The smallest absolute Gasteiger partial charge is 0.406 e. The Hall–Kier alpha value is -2.64. The summed E-state index contributed by atoms with van der Waals surface area (Å²) in [6.07, 6.45) is 6.52. The van der Waals surface area contributed by atoms with E-state index in [1.807, 2.05) is 12.3 Å². The van der Waals surface area contributed by atoms with Gasteiger partial charge in [0.25, 0.3) is 0 Å². The van der Waals surface area contributed by atoms with Crippen molar-refractivity contribution in [3.63, 3.8) is 0 Å². The molecule has 4 heterocycles. The lowest BCUT2D eigenvalue weighted by Crippen LogP contribution is -2.51. The van der Waals surface area contributed by atoms with Crippen LogP contribution in [0.2, 0.25) is 0 Å². The van der Waals surface area contributed by atoms with Gasteiger partial charge < -0.3 is 15.0 Å². The van der Waals surface area contributed by atoms with Gasteiger partial charge in [-0.1, -0.05) is 19.3 Å². The number of piperidine rings is 1. The fraction of sp³-hybridized carbons (Fsp3) is 0.643. The number of sulfonamides is 1. The fourth-order valence-electron chi connectivity index (χ4n) is 6.10. The van der Waals surface area contributed by atoms with Crippen molar-refractivity contribution in [2.45, 2.75) is 81.1 Å². The van der Waals surface area contributed by atoms with Crippen LogP contribution in [0, 0.1) is 0 Å². The van der Waals surface area contributed by atoms with E-state index in [0.717, 1.165) is 76.2 Å². The van der Waals surface area contributed by atoms with Gasteiger partial charge in [-0.3, -0.25) is 4.90 Å². The maximum Gasteiger partial charge on any atom is 0.573 e. The topological polar surface area (TPSA) is 90.9 Å². The summed E-state index contributed by atoms with van der Waals surface area (Å²) in [5, 5.41) is 3.56. The van der Waals surface area contributed by atoms with Crippen molar-refractivity contribution < 1.29 is 26.3 Å². The standard InChI is InChI=1S/C28H39F3N6O3S/c29-28(30,31)40-24-10-12-25(13-11-24)41(38,39)37-19-7-9-23(21-37)36-18-6-3-8-22(20-36)33-27-32-15-14-26(34-27)35-16-4-1-2-5-17-35/h10-15,22-23H,1-9,16-21H2,(H,32,33,34). The lowest BCUT2D eigenvalue weighted by Gasteiger charge is -2.39. The fourth-order valence-corrected chi connectivity index (χ4v) is 7.61. The molecule has 0 amide bonds. The number of nitrogens with zero attached hydrogens (tertiary/aromatic N) is 5. The predicted molar refractivity (Wildman–Crippen MR) is 150 cm³/mol. The molecular weight excluding hydrogens is 557 g/mol. The molecule has 3 aliphatic rings. The summed E-state index contributed by atoms with van der Waals surface area (Å²) >= 11 is 0. The molecule has 2 aromatic rings. The van der Waals surface area contributed by atoms with Gasteiger partial charge in [-0.25, -0.2) is 13.4 Å². The van der Waals surface area contributed by atoms with E-state index in [1.54, 1.807) is 0 Å². The Morgan fingerprint density at radius 1 is 0.854 bits per heavy atom. The Balaban J connectivity index is 1.22. The molecule has 3 saturated heterocycles. The van der Waals surface area contributed by atoms with E-state index < -0.39 is 22.1 Å². The molecule has 2 unspecified atom stereocenters. The molecule has 1 aromatic heterocycles. The highest BCUT2D eigenvalue weighted by atomic mass is 32.2. The van der Waals surface area contributed by atoms with Crippen molar-refractivity contribution in [3.05, 3.63) is 36.5 Å². The molecular formula is C28H39F3N6O3S. The van der Waals surface area contributed by atoms with Crippen molar-refractivity contribution in [2.24, 2.45) is 0 Å². The number of ether oxygens (including phenoxy) is 1. The van der Waals surface area contributed by atoms with Crippen LogP contribution in [-0.2, 0) is 10.0 Å². The minimum absolute atomic E-state index is 0.0375. The molecule has 9 nitrogen and oxygen atoms in total. The van der Waals surface area contributed by atoms with Crippen molar-refractivity contribution in [2.75, 3.05) is 49.5 Å². The third-order valence-electron chi connectivity index (χ3n) is 8.18. The second-order valence-corrected chi connectivity index (χ2v) is 13.1. The molecule has 3 aliphatic heterocycles. The van der Waals surface area contributed by atoms with Crippen LogP contribution >= 0.6 is 0 Å². The molecule has 0 aliphatic carbocycles. The Morgan fingerprint density at radius 2 is 1.59 bits per heavy atom. The number of nitrogens with one attached hydrogen (secondary N) is 1. The van der Waals surface area contributed by atoms with E-state index >= 15 is 0 Å². The van der Waals surface area contributed by atoms with E-state index in [4.69, 9.17) is 4.98 Å². The van der Waals surface area contributed by atoms with Crippen LogP contribution in [0.1, 0.15) is 57.8 Å². The number of anilines is 2. The molecule has 1 aromatic carbocycles. The van der Waals surface area contributed by atoms with Crippen molar-refractivity contribution in [3.8, 4) is 5.75 Å². The SMILES string of the molecule is O=S(=O)(c1ccc(OC(F)(F)F)cc1)N1CCCC(N2CCCCC(Nc3nccc(N4CCCCCC4)n3)C2)C1. The summed E-state index contributed by atoms with van der Waals surface area (Å²) in [5.74, 6) is 1.14. The molecule has 13 heteroatoms. The van der Waals surface area contributed by atoms with Gasteiger partial charge in [-0.2, -0.15) is 9.29 Å². The van der Waals surface area contributed by atoms with Gasteiger partial charge in [0.05, 0.1) is 4.90 Å². The zero-order valence-corrected chi connectivity index (χ0v) is 24.0. The Labute approximate surface area is 240 Å². The average Bonchev–Trinajstić information content (AvgIpc) is 3.36. The Morgan fingerprint density at radius 3 is 2.32 bits per heavy atom. The predicted octanol–water partition coefficient (Wildman–Crippen LogP) is 4.88. The van der Waals surface area contributed by atoms with Crippen LogP contribution < -0.4 is 15.0 Å². The molecule has 226 valence electrons. The molecule has 1 N–H and O–H groups in total. The summed E-state index contributed by atoms with van der Waals surface area (Å²) < 4.78 is 69.6. The largest absolute Gasteiger partial charge is 0.573 e. The average molecular weight is 597 g/mol. The summed E-state index contributed by atoms with van der Waals surface area (Å²) in [4.78, 5) is 14.0. The number of hydrogen-bond donors (Lipinski definition) is 1. The van der Waals surface area contributed by atoms with E-state index in [9.17, 15) is 21.6 Å². The van der Waals surface area contributed by atoms with Crippen LogP contribution in [0.15, 0.2) is 41.4 Å². The summed E-state index contributed by atoms with van der Waals surface area (Å²) in [6.45, 7) is 4.40. The number of hydrogen-bond acceptors (Lipinski definition) is 8. The first-order valence-electron chi connectivity index (χ1n) is 14.6. The first-order chi connectivity index (χ1) is 19.7. The third kappa shape index (κ3) is 8.01. The zero-order chi connectivity index (χ0) is 28.9. The van der Waals surface area contributed by atoms with Gasteiger partial charge in [0, 0.05) is 51.0 Å². The summed E-state index contributed by atoms with van der Waals surface area (Å²) in [5.41, 5.74) is 0. The van der Waals surface area contributed by atoms with Gasteiger partial charge in [0.2, 0.25) is 16.0 Å². The van der Waals surface area contributed by atoms with Crippen molar-refractivity contribution in [1.82, 2.24) is 19.2 Å². The lowest BCUT2D eigenvalue weighted by atomic mass is 10.1. The quantitative estimate of drug-likeness (QED) is 0.484. The van der Waals surface area contributed by atoms with Crippen LogP contribution in [0.4, 0.5) is 24.9 Å². The van der Waals surface area contributed by atoms with Gasteiger partial charge in [-0.05, 0) is 75.4 Å². The highest BCUT2D eigenvalue weighted by Crippen LogP contribution is 2.28. The maximum atomic E-state index is 13.4. The van der Waals surface area contributed by atoms with Gasteiger partial charge in [-0.15, -0.1) is 13.2 Å². The molecule has 0 spiro atoms. The Bertz CT molecular complexity index is 1240. The molecule has 3 fully saturated rings. The van der Waals surface area contributed by atoms with Crippen molar-refractivity contribution >= 4 is 21.8 Å². The zero-order valence-electron chi connectivity index (χ0n) is 23.2. The second kappa shape index (κ2) is 13.1. The minimum Gasteiger partial charge on any atom is -0.406 e. The number of likely N-dealkylation sites (tertiary alicyclic amines) is 1. The summed E-state index contributed by atoms with van der Waals surface area (Å²) in [7, 11) is -3.85. The highest BCUT2D eigenvalue weighted by Gasteiger charge is 2.35. The van der Waals surface area contributed by atoms with Crippen LogP contribution in [0.5, 0.6) is 5.75 Å². The van der Waals surface area contributed by atoms with Gasteiger partial charge >= 0.3 is 6.36 Å². The molecule has 0 saturated carbocycles. The Kier molecular flexibility index (Phi) is 9.55. The summed E-state index contributed by atoms with van der Waals surface area (Å²) in [6, 6.07) is 6.59. The van der Waals surface area contributed by atoms with E-state index in [0.29, 0.717) is 19.0 Å². The second-order valence-electron chi connectivity index (χ2n) is 11.1. The normalized spacial score (nSPS) is 23.9. The lowest BCUT2D eigenvalue weighted by molar-refractivity contribution is -0.274. The first kappa shape index (κ1) is 29.8. The van der Waals surface area contributed by atoms with Crippen LogP contribution in [0.3, 0.4) is 0 Å². The minimum atomic E-state index is -4.83. The molecule has 0 bridgehead atoms. The molecule has 2 atom stereocenters. The molecule has 0 radical (unpaired) electrons. The van der Waals surface area contributed by atoms with E-state index in [-0.39, 0.29) is 17.0 Å². The number of rotatable bonds is 7. The monoisotopic (exact) mass is 596 g/mol. The number of halogens is 3. The number of aromatic nitrogens is 2. The van der Waals surface area contributed by atoms with Crippen LogP contribution in [0.25, 0.3) is 0 Å². The van der Waals surface area contributed by atoms with E-state index in [2.05, 4.69) is 24.8 Å². The third-order valence-corrected chi connectivity index (χ3v) is 10.1. The van der Waals surface area contributed by atoms with Crippen LogP contribution in [-0.4, -0.2) is 85.3 Å².